The standard InChI is InChI=1S/C31H32IN3O7/c1-6-39-28-16-22(15-26(32)29(28)41-21(4)31(37)38-5)17-33-34-30(36)27-14-13-25(42-27)18-40-24-11-9-23(10-12-24)35-19(2)7-8-20(35)3/h7-17,21H,6,18H2,1-5H3,(H,34,36)/b33-17+/t21-/m1/s1. The molecule has 0 aliphatic heterocycles. The van der Waals surface area contributed by atoms with E-state index in [1.165, 1.54) is 13.3 Å². The van der Waals surface area contributed by atoms with E-state index in [1.807, 2.05) is 31.2 Å². The molecule has 2 heterocycles. The third-order valence-corrected chi connectivity index (χ3v) is 6.97. The number of carbonyl (C=O) groups is 2. The number of carbonyl (C=O) groups excluding carboxylic acids is 2. The maximum atomic E-state index is 12.6. The van der Waals surface area contributed by atoms with E-state index in [4.69, 9.17) is 23.4 Å². The number of benzene rings is 2. The van der Waals surface area contributed by atoms with Crippen LogP contribution in [0.4, 0.5) is 0 Å². The molecule has 4 aromatic rings. The van der Waals surface area contributed by atoms with Crippen LogP contribution in [0.25, 0.3) is 5.69 Å². The van der Waals surface area contributed by atoms with Crippen molar-refractivity contribution in [1.29, 1.82) is 0 Å². The molecule has 0 radical (unpaired) electrons. The summed E-state index contributed by atoms with van der Waals surface area (Å²) in [7, 11) is 1.30. The number of ether oxygens (including phenoxy) is 4. The Morgan fingerprint density at radius 1 is 1.05 bits per heavy atom. The van der Waals surface area contributed by atoms with E-state index in [1.54, 1.807) is 31.2 Å². The number of hydrogen-bond donors (Lipinski definition) is 1. The Labute approximate surface area is 257 Å². The van der Waals surface area contributed by atoms with Gasteiger partial charge in [0.05, 0.1) is 23.5 Å². The average molecular weight is 686 g/mol. The largest absolute Gasteiger partial charge is 0.490 e. The Balaban J connectivity index is 1.34. The predicted molar refractivity (Wildman–Crippen MR) is 166 cm³/mol. The second-order valence-corrected chi connectivity index (χ2v) is 10.4. The summed E-state index contributed by atoms with van der Waals surface area (Å²) >= 11 is 2.08. The number of esters is 1. The van der Waals surface area contributed by atoms with Crippen LogP contribution in [-0.4, -0.2) is 42.5 Å². The van der Waals surface area contributed by atoms with Gasteiger partial charge in [-0.05, 0) is 117 Å². The summed E-state index contributed by atoms with van der Waals surface area (Å²) in [6.07, 6.45) is 0.665. The first-order chi connectivity index (χ1) is 20.2. The van der Waals surface area contributed by atoms with Crippen LogP contribution in [0.1, 0.15) is 47.1 Å². The van der Waals surface area contributed by atoms with Crippen LogP contribution in [0.15, 0.2) is 70.2 Å². The highest BCUT2D eigenvalue weighted by Gasteiger charge is 2.20. The zero-order valence-corrected chi connectivity index (χ0v) is 26.1. The fourth-order valence-electron chi connectivity index (χ4n) is 4.15. The van der Waals surface area contributed by atoms with E-state index in [9.17, 15) is 9.59 Å². The molecule has 42 heavy (non-hydrogen) atoms. The summed E-state index contributed by atoms with van der Waals surface area (Å²) in [5, 5.41) is 4.05. The number of hydrazone groups is 1. The van der Waals surface area contributed by atoms with Gasteiger partial charge >= 0.3 is 11.9 Å². The minimum Gasteiger partial charge on any atom is -0.490 e. The van der Waals surface area contributed by atoms with Gasteiger partial charge in [-0.15, -0.1) is 0 Å². The molecule has 0 fully saturated rings. The van der Waals surface area contributed by atoms with Crippen molar-refractivity contribution in [2.45, 2.75) is 40.4 Å². The molecule has 0 aliphatic carbocycles. The van der Waals surface area contributed by atoms with Gasteiger partial charge in [-0.2, -0.15) is 5.10 Å². The zero-order chi connectivity index (χ0) is 30.2. The topological polar surface area (TPSA) is 114 Å². The smallest absolute Gasteiger partial charge is 0.346 e. The predicted octanol–water partition coefficient (Wildman–Crippen LogP) is 5.97. The summed E-state index contributed by atoms with van der Waals surface area (Å²) in [5.74, 6) is 1.14. The fourth-order valence-corrected chi connectivity index (χ4v) is 4.90. The minimum absolute atomic E-state index is 0.102. The molecular weight excluding hydrogens is 653 g/mol. The molecule has 1 amide bonds. The van der Waals surface area contributed by atoms with Gasteiger partial charge in [0.15, 0.2) is 23.4 Å². The van der Waals surface area contributed by atoms with E-state index in [-0.39, 0.29) is 12.4 Å². The van der Waals surface area contributed by atoms with Crippen molar-refractivity contribution in [3.8, 4) is 22.9 Å². The maximum absolute atomic E-state index is 12.6. The summed E-state index contributed by atoms with van der Waals surface area (Å²) < 4.78 is 30.6. The summed E-state index contributed by atoms with van der Waals surface area (Å²) in [4.78, 5) is 24.4. The molecule has 1 atom stereocenters. The third kappa shape index (κ3) is 7.52. The van der Waals surface area contributed by atoms with E-state index in [0.29, 0.717) is 38.7 Å². The second-order valence-electron chi connectivity index (χ2n) is 9.25. The minimum atomic E-state index is -0.811. The van der Waals surface area contributed by atoms with Gasteiger partial charge in [-0.25, -0.2) is 10.2 Å². The van der Waals surface area contributed by atoms with E-state index >= 15 is 0 Å². The van der Waals surface area contributed by atoms with Gasteiger partial charge in [0.1, 0.15) is 18.1 Å². The SMILES string of the molecule is CCOc1cc(/C=N/NC(=O)c2ccc(COc3ccc(-n4c(C)ccc4C)cc3)o2)cc(I)c1O[C@H](C)C(=O)OC. The van der Waals surface area contributed by atoms with Gasteiger partial charge in [0.25, 0.3) is 0 Å². The first kappa shape index (κ1) is 30.7. The maximum Gasteiger partial charge on any atom is 0.346 e. The van der Waals surface area contributed by atoms with Gasteiger partial charge in [0.2, 0.25) is 0 Å². The molecule has 0 unspecified atom stereocenters. The Morgan fingerprint density at radius 2 is 1.76 bits per heavy atom. The fraction of sp³-hybridized carbons (Fsp3) is 0.258. The molecule has 10 nitrogen and oxygen atoms in total. The van der Waals surface area contributed by atoms with Crippen molar-refractivity contribution in [3.05, 3.63) is 92.7 Å². The molecule has 2 aromatic carbocycles. The Kier molecular flexibility index (Phi) is 10.3. The molecule has 4 rings (SSSR count). The summed E-state index contributed by atoms with van der Waals surface area (Å²) in [6.45, 7) is 8.12. The zero-order valence-electron chi connectivity index (χ0n) is 24.0. The Hall–Kier alpha value is -4.26. The second kappa shape index (κ2) is 14.1. The lowest BCUT2D eigenvalue weighted by Gasteiger charge is -2.17. The quantitative estimate of drug-likeness (QED) is 0.0846. The van der Waals surface area contributed by atoms with Crippen LogP contribution >= 0.6 is 22.6 Å². The molecule has 220 valence electrons. The average Bonchev–Trinajstić information content (AvgIpc) is 3.59. The molecule has 1 N–H and O–H groups in total. The van der Waals surface area contributed by atoms with Crippen LogP contribution in [0.3, 0.4) is 0 Å². The van der Waals surface area contributed by atoms with Crippen LogP contribution < -0.4 is 19.6 Å². The number of amides is 1. The lowest BCUT2D eigenvalue weighted by atomic mass is 10.2. The number of rotatable bonds is 12. The number of nitrogens with zero attached hydrogens (tertiary/aromatic N) is 2. The summed E-state index contributed by atoms with van der Waals surface area (Å²) in [6, 6.07) is 18.7. The molecular formula is C31H32IN3O7. The highest BCUT2D eigenvalue weighted by atomic mass is 127. The highest BCUT2D eigenvalue weighted by molar-refractivity contribution is 14.1. The van der Waals surface area contributed by atoms with E-state index in [0.717, 1.165) is 17.1 Å². The van der Waals surface area contributed by atoms with Crippen LogP contribution in [0.5, 0.6) is 17.2 Å². The lowest BCUT2D eigenvalue weighted by molar-refractivity contribution is -0.148. The molecule has 0 saturated carbocycles. The monoisotopic (exact) mass is 685 g/mol. The van der Waals surface area contributed by atoms with Gasteiger partial charge in [-0.3, -0.25) is 4.79 Å². The normalized spacial score (nSPS) is 11.8. The number of hydrogen-bond acceptors (Lipinski definition) is 8. The lowest BCUT2D eigenvalue weighted by Crippen LogP contribution is -2.25. The number of aromatic nitrogens is 1. The third-order valence-electron chi connectivity index (χ3n) is 6.17. The van der Waals surface area contributed by atoms with Gasteiger partial charge < -0.3 is 27.9 Å². The van der Waals surface area contributed by atoms with Crippen molar-refractivity contribution in [2.24, 2.45) is 5.10 Å². The molecule has 11 heteroatoms. The summed E-state index contributed by atoms with van der Waals surface area (Å²) in [5.41, 5.74) is 6.49. The van der Waals surface area contributed by atoms with Crippen molar-refractivity contribution >= 4 is 40.7 Å². The van der Waals surface area contributed by atoms with Gasteiger partial charge in [0, 0.05) is 17.1 Å². The number of furan rings is 1. The van der Waals surface area contributed by atoms with Crippen molar-refractivity contribution in [3.63, 3.8) is 0 Å². The van der Waals surface area contributed by atoms with Crippen LogP contribution in [-0.2, 0) is 16.1 Å². The Morgan fingerprint density at radius 3 is 2.43 bits per heavy atom. The first-order valence-electron chi connectivity index (χ1n) is 13.2. The van der Waals surface area contributed by atoms with Gasteiger partial charge in [-0.1, -0.05) is 0 Å². The van der Waals surface area contributed by atoms with Crippen LogP contribution in [0, 0.1) is 17.4 Å². The number of methoxy groups -OCH3 is 1. The highest BCUT2D eigenvalue weighted by Crippen LogP contribution is 2.35. The van der Waals surface area contributed by atoms with E-state index in [2.05, 4.69) is 63.7 Å². The molecule has 0 aliphatic rings. The molecule has 0 spiro atoms. The number of nitrogens with one attached hydrogen (secondary N) is 1. The Bertz CT molecular complexity index is 1550. The molecule has 0 saturated heterocycles. The first-order valence-corrected chi connectivity index (χ1v) is 14.3. The number of halogens is 1. The molecule has 2 aromatic heterocycles. The van der Waals surface area contributed by atoms with Crippen molar-refractivity contribution in [2.75, 3.05) is 13.7 Å². The van der Waals surface area contributed by atoms with E-state index < -0.39 is 18.0 Å². The number of aryl methyl sites for hydroxylation is 2. The van der Waals surface area contributed by atoms with Crippen molar-refractivity contribution < 1.29 is 33.0 Å². The van der Waals surface area contributed by atoms with Crippen molar-refractivity contribution in [1.82, 2.24) is 9.99 Å². The van der Waals surface area contributed by atoms with Crippen LogP contribution in [0.2, 0.25) is 0 Å². The molecule has 0 bridgehead atoms.